The monoisotopic (exact) mass is 280 g/mol. The molecular weight excluding hydrogens is 256 g/mol. The van der Waals surface area contributed by atoms with Crippen LogP contribution < -0.4 is 10.2 Å². The van der Waals surface area contributed by atoms with Gasteiger partial charge < -0.3 is 10.2 Å². The highest BCUT2D eigenvalue weighted by atomic mass is 16.6. The minimum absolute atomic E-state index is 0.0536. The van der Waals surface area contributed by atoms with Crippen LogP contribution in [0.4, 0.5) is 17.3 Å². The van der Waals surface area contributed by atoms with Crippen molar-refractivity contribution < 1.29 is 4.92 Å². The first-order valence-corrected chi connectivity index (χ1v) is 7.10. The Hall–Kier alpha value is -1.85. The Morgan fingerprint density at radius 2 is 2.15 bits per heavy atom. The summed E-state index contributed by atoms with van der Waals surface area (Å²) in [7, 11) is 1.85. The second-order valence-electron chi connectivity index (χ2n) is 5.12. The zero-order valence-electron chi connectivity index (χ0n) is 12.7. The summed E-state index contributed by atoms with van der Waals surface area (Å²) in [5.74, 6) is 1.58. The maximum absolute atomic E-state index is 11.1. The number of nitrogens with zero attached hydrogens (tertiary/aromatic N) is 3. The van der Waals surface area contributed by atoms with Crippen molar-refractivity contribution in [3.8, 4) is 0 Å². The van der Waals surface area contributed by atoms with E-state index in [0.717, 1.165) is 25.9 Å². The Kier molecular flexibility index (Phi) is 6.21. The Labute approximate surface area is 120 Å². The molecule has 1 rings (SSSR count). The van der Waals surface area contributed by atoms with Crippen molar-refractivity contribution >= 4 is 17.3 Å². The smallest absolute Gasteiger partial charge is 0.311 e. The Morgan fingerprint density at radius 1 is 1.45 bits per heavy atom. The van der Waals surface area contributed by atoms with Crippen LogP contribution in [0.15, 0.2) is 12.1 Å². The highest BCUT2D eigenvalue weighted by molar-refractivity contribution is 5.61. The lowest BCUT2D eigenvalue weighted by Gasteiger charge is -2.22. The molecule has 0 amide bonds. The van der Waals surface area contributed by atoms with E-state index in [4.69, 9.17) is 0 Å². The first-order chi connectivity index (χ1) is 9.49. The number of aromatic nitrogens is 1. The molecule has 0 radical (unpaired) electrons. The third-order valence-corrected chi connectivity index (χ3v) is 3.25. The summed E-state index contributed by atoms with van der Waals surface area (Å²) < 4.78 is 0. The minimum atomic E-state index is -0.376. The molecule has 1 unspecified atom stereocenters. The molecule has 1 aromatic rings. The maximum atomic E-state index is 11.1. The van der Waals surface area contributed by atoms with E-state index in [1.54, 1.807) is 6.07 Å². The van der Waals surface area contributed by atoms with Crippen LogP contribution in [-0.2, 0) is 0 Å². The van der Waals surface area contributed by atoms with Gasteiger partial charge in [0.15, 0.2) is 0 Å². The van der Waals surface area contributed by atoms with Gasteiger partial charge in [-0.3, -0.25) is 10.1 Å². The lowest BCUT2D eigenvalue weighted by molar-refractivity contribution is -0.384. The molecule has 0 aliphatic heterocycles. The number of hydrogen-bond donors (Lipinski definition) is 1. The van der Waals surface area contributed by atoms with Gasteiger partial charge in [0, 0.05) is 26.2 Å². The van der Waals surface area contributed by atoms with Crippen molar-refractivity contribution in [1.29, 1.82) is 0 Å². The van der Waals surface area contributed by atoms with Gasteiger partial charge in [0.1, 0.15) is 5.82 Å². The van der Waals surface area contributed by atoms with Crippen LogP contribution in [0.25, 0.3) is 0 Å². The van der Waals surface area contributed by atoms with Gasteiger partial charge >= 0.3 is 5.69 Å². The number of hydrogen-bond acceptors (Lipinski definition) is 5. The Morgan fingerprint density at radius 3 is 2.70 bits per heavy atom. The zero-order chi connectivity index (χ0) is 15.1. The second kappa shape index (κ2) is 7.67. The predicted octanol–water partition coefficient (Wildman–Crippen LogP) is 3.29. The molecule has 0 aliphatic carbocycles. The van der Waals surface area contributed by atoms with Gasteiger partial charge in [-0.1, -0.05) is 27.2 Å². The van der Waals surface area contributed by atoms with Crippen LogP contribution in [0.2, 0.25) is 0 Å². The summed E-state index contributed by atoms with van der Waals surface area (Å²) in [6, 6.07) is 3.18. The minimum Gasteiger partial charge on any atom is -0.370 e. The fraction of sp³-hybridized carbons (Fsp3) is 0.643. The third-order valence-electron chi connectivity index (χ3n) is 3.25. The summed E-state index contributed by atoms with van der Waals surface area (Å²) in [5, 5.41) is 14.3. The Balaban J connectivity index is 3.01. The van der Waals surface area contributed by atoms with E-state index < -0.39 is 0 Å². The number of rotatable bonds is 8. The summed E-state index contributed by atoms with van der Waals surface area (Å²) in [6.45, 7) is 7.86. The Bertz CT molecular complexity index is 451. The van der Waals surface area contributed by atoms with Crippen molar-refractivity contribution in [3.63, 3.8) is 0 Å². The molecule has 0 aromatic carbocycles. The molecule has 112 valence electrons. The van der Waals surface area contributed by atoms with Crippen molar-refractivity contribution in [2.24, 2.45) is 5.92 Å². The fourth-order valence-electron chi connectivity index (χ4n) is 1.90. The predicted molar refractivity (Wildman–Crippen MR) is 82.4 cm³/mol. The number of pyridine rings is 1. The maximum Gasteiger partial charge on any atom is 0.311 e. The first kappa shape index (κ1) is 16.2. The highest BCUT2D eigenvalue weighted by Crippen LogP contribution is 2.27. The molecular formula is C14H24N4O2. The molecule has 0 aliphatic rings. The number of nitrogens with one attached hydrogen (secondary N) is 1. The van der Waals surface area contributed by atoms with Gasteiger partial charge in [0.2, 0.25) is 5.82 Å². The van der Waals surface area contributed by atoms with Crippen LogP contribution in [0.3, 0.4) is 0 Å². The van der Waals surface area contributed by atoms with Crippen molar-refractivity contribution in [3.05, 3.63) is 22.2 Å². The van der Waals surface area contributed by atoms with E-state index in [2.05, 4.69) is 31.1 Å². The normalized spacial score (nSPS) is 12.0. The molecule has 1 aromatic heterocycles. The number of nitro groups is 1. The molecule has 0 fully saturated rings. The van der Waals surface area contributed by atoms with E-state index in [9.17, 15) is 10.1 Å². The third kappa shape index (κ3) is 4.36. The van der Waals surface area contributed by atoms with Crippen LogP contribution in [0.5, 0.6) is 0 Å². The first-order valence-electron chi connectivity index (χ1n) is 7.10. The lowest BCUT2D eigenvalue weighted by atomic mass is 10.1. The summed E-state index contributed by atoms with van der Waals surface area (Å²) in [5.41, 5.74) is 0.0536. The quantitative estimate of drug-likeness (QED) is 0.584. The number of anilines is 2. The standard InChI is InChI=1S/C14H24N4O2/c1-5-9-15-13-8-7-12(18(19)20)14(16-13)17(4)10-11(3)6-2/h7-8,11H,5-6,9-10H2,1-4H3,(H,15,16). The van der Waals surface area contributed by atoms with Gasteiger partial charge in [-0.05, 0) is 18.4 Å². The average molecular weight is 280 g/mol. The molecule has 0 bridgehead atoms. The van der Waals surface area contributed by atoms with Gasteiger partial charge in [-0.15, -0.1) is 0 Å². The van der Waals surface area contributed by atoms with E-state index in [1.165, 1.54) is 6.07 Å². The van der Waals surface area contributed by atoms with Crippen molar-refractivity contribution in [2.75, 3.05) is 30.4 Å². The summed E-state index contributed by atoms with van der Waals surface area (Å²) in [4.78, 5) is 17.0. The lowest BCUT2D eigenvalue weighted by Crippen LogP contribution is -2.25. The van der Waals surface area contributed by atoms with Crippen LogP contribution in [0.1, 0.15) is 33.6 Å². The van der Waals surface area contributed by atoms with Crippen LogP contribution in [0, 0.1) is 16.0 Å². The molecule has 0 spiro atoms. The zero-order valence-corrected chi connectivity index (χ0v) is 12.7. The molecule has 6 heteroatoms. The average Bonchev–Trinajstić information content (AvgIpc) is 2.44. The fourth-order valence-corrected chi connectivity index (χ4v) is 1.90. The molecule has 0 saturated heterocycles. The van der Waals surface area contributed by atoms with Crippen molar-refractivity contribution in [1.82, 2.24) is 4.98 Å². The van der Waals surface area contributed by atoms with Gasteiger partial charge in [-0.25, -0.2) is 4.98 Å². The van der Waals surface area contributed by atoms with Gasteiger partial charge in [0.25, 0.3) is 0 Å². The molecule has 1 atom stereocenters. The molecule has 1 N–H and O–H groups in total. The SMILES string of the molecule is CCCNc1ccc([N+](=O)[O-])c(N(C)CC(C)CC)n1. The van der Waals surface area contributed by atoms with Crippen molar-refractivity contribution in [2.45, 2.75) is 33.6 Å². The van der Waals surface area contributed by atoms with E-state index in [-0.39, 0.29) is 10.6 Å². The topological polar surface area (TPSA) is 71.3 Å². The van der Waals surface area contributed by atoms with E-state index >= 15 is 0 Å². The second-order valence-corrected chi connectivity index (χ2v) is 5.12. The van der Waals surface area contributed by atoms with E-state index in [0.29, 0.717) is 17.6 Å². The molecule has 20 heavy (non-hydrogen) atoms. The molecule has 0 saturated carbocycles. The van der Waals surface area contributed by atoms with Gasteiger partial charge in [0.05, 0.1) is 4.92 Å². The summed E-state index contributed by atoms with van der Waals surface area (Å²) >= 11 is 0. The highest BCUT2D eigenvalue weighted by Gasteiger charge is 2.20. The van der Waals surface area contributed by atoms with E-state index in [1.807, 2.05) is 11.9 Å². The summed E-state index contributed by atoms with van der Waals surface area (Å²) in [6.07, 6.45) is 2.02. The molecule has 6 nitrogen and oxygen atoms in total. The van der Waals surface area contributed by atoms with Crippen LogP contribution in [-0.4, -0.2) is 30.0 Å². The largest absolute Gasteiger partial charge is 0.370 e. The van der Waals surface area contributed by atoms with Crippen LogP contribution >= 0.6 is 0 Å². The van der Waals surface area contributed by atoms with Gasteiger partial charge in [-0.2, -0.15) is 0 Å². The molecule has 1 heterocycles.